The lowest BCUT2D eigenvalue weighted by atomic mass is 10.1. The molecule has 0 aliphatic rings. The van der Waals surface area contributed by atoms with Crippen LogP contribution in [0.1, 0.15) is 11.5 Å². The van der Waals surface area contributed by atoms with Gasteiger partial charge in [0.25, 0.3) is 0 Å². The Labute approximate surface area is 111 Å². The highest BCUT2D eigenvalue weighted by atomic mass is 16.3. The van der Waals surface area contributed by atoms with Crippen molar-refractivity contribution in [1.82, 2.24) is 10.3 Å². The van der Waals surface area contributed by atoms with Gasteiger partial charge in [0.1, 0.15) is 5.76 Å². The second kappa shape index (κ2) is 5.12. The van der Waals surface area contributed by atoms with E-state index in [0.29, 0.717) is 13.1 Å². The minimum Gasteiger partial charge on any atom is -0.468 e. The molecule has 0 atom stereocenters. The lowest BCUT2D eigenvalue weighted by Crippen LogP contribution is -2.13. The largest absolute Gasteiger partial charge is 0.468 e. The van der Waals surface area contributed by atoms with Gasteiger partial charge in [-0.3, -0.25) is 4.98 Å². The third kappa shape index (κ3) is 2.58. The highest BCUT2D eigenvalue weighted by Gasteiger charge is 2.03. The Morgan fingerprint density at radius 1 is 1.11 bits per heavy atom. The summed E-state index contributed by atoms with van der Waals surface area (Å²) in [6.07, 6.45) is 1.67. The molecular formula is C15H15N3O. The molecule has 3 aromatic rings. The van der Waals surface area contributed by atoms with E-state index in [1.807, 2.05) is 42.5 Å². The summed E-state index contributed by atoms with van der Waals surface area (Å²) in [5, 5.41) is 4.28. The second-order valence-corrected chi connectivity index (χ2v) is 4.40. The molecule has 0 aliphatic carbocycles. The number of anilines is 1. The van der Waals surface area contributed by atoms with Crippen LogP contribution in [0.4, 0.5) is 5.69 Å². The van der Waals surface area contributed by atoms with E-state index in [1.54, 1.807) is 6.26 Å². The van der Waals surface area contributed by atoms with Crippen molar-refractivity contribution in [2.24, 2.45) is 0 Å². The SMILES string of the molecule is Nc1cc(CNCc2ccco2)nc2ccccc12. The van der Waals surface area contributed by atoms with Gasteiger partial charge in [0.2, 0.25) is 0 Å². The predicted molar refractivity (Wildman–Crippen MR) is 75.4 cm³/mol. The zero-order chi connectivity index (χ0) is 13.1. The molecule has 2 heterocycles. The third-order valence-corrected chi connectivity index (χ3v) is 2.99. The van der Waals surface area contributed by atoms with Crippen LogP contribution in [0, 0.1) is 0 Å². The average molecular weight is 253 g/mol. The minimum absolute atomic E-state index is 0.662. The molecular weight excluding hydrogens is 238 g/mol. The molecule has 3 rings (SSSR count). The van der Waals surface area contributed by atoms with Crippen LogP contribution in [-0.4, -0.2) is 4.98 Å². The normalized spacial score (nSPS) is 10.9. The Morgan fingerprint density at radius 3 is 2.84 bits per heavy atom. The van der Waals surface area contributed by atoms with Gasteiger partial charge in [0.15, 0.2) is 0 Å². The molecule has 0 spiro atoms. The van der Waals surface area contributed by atoms with Crippen LogP contribution in [0.5, 0.6) is 0 Å². The number of aromatic nitrogens is 1. The van der Waals surface area contributed by atoms with E-state index < -0.39 is 0 Å². The first-order valence-electron chi connectivity index (χ1n) is 6.20. The molecule has 4 heteroatoms. The van der Waals surface area contributed by atoms with Gasteiger partial charge in [-0.2, -0.15) is 0 Å². The maximum absolute atomic E-state index is 6.04. The van der Waals surface area contributed by atoms with E-state index in [4.69, 9.17) is 10.2 Å². The zero-order valence-electron chi connectivity index (χ0n) is 10.5. The van der Waals surface area contributed by atoms with Crippen molar-refractivity contribution in [2.45, 2.75) is 13.1 Å². The lowest BCUT2D eigenvalue weighted by molar-refractivity contribution is 0.482. The van der Waals surface area contributed by atoms with Crippen LogP contribution in [0.2, 0.25) is 0 Å². The highest BCUT2D eigenvalue weighted by Crippen LogP contribution is 2.19. The third-order valence-electron chi connectivity index (χ3n) is 2.99. The van der Waals surface area contributed by atoms with Crippen LogP contribution in [0.15, 0.2) is 53.1 Å². The fourth-order valence-corrected chi connectivity index (χ4v) is 2.08. The maximum Gasteiger partial charge on any atom is 0.117 e. The second-order valence-electron chi connectivity index (χ2n) is 4.40. The van der Waals surface area contributed by atoms with Gasteiger partial charge in [-0.1, -0.05) is 18.2 Å². The number of hydrogen-bond acceptors (Lipinski definition) is 4. The predicted octanol–water partition coefficient (Wildman–Crippen LogP) is 2.70. The van der Waals surface area contributed by atoms with E-state index in [1.165, 1.54) is 0 Å². The van der Waals surface area contributed by atoms with Crippen molar-refractivity contribution in [3.63, 3.8) is 0 Å². The van der Waals surface area contributed by atoms with Crippen LogP contribution in [0.3, 0.4) is 0 Å². The summed E-state index contributed by atoms with van der Waals surface area (Å²) in [4.78, 5) is 4.58. The van der Waals surface area contributed by atoms with E-state index in [2.05, 4.69) is 10.3 Å². The first-order chi connectivity index (χ1) is 9.33. The molecule has 0 saturated heterocycles. The van der Waals surface area contributed by atoms with Gasteiger partial charge in [0, 0.05) is 17.6 Å². The van der Waals surface area contributed by atoms with Crippen molar-refractivity contribution in [2.75, 3.05) is 5.73 Å². The Hall–Kier alpha value is -2.33. The Kier molecular flexibility index (Phi) is 3.16. The molecule has 4 nitrogen and oxygen atoms in total. The van der Waals surface area contributed by atoms with E-state index in [0.717, 1.165) is 28.0 Å². The fraction of sp³-hybridized carbons (Fsp3) is 0.133. The molecule has 0 bridgehead atoms. The number of furan rings is 1. The molecule has 0 saturated carbocycles. The van der Waals surface area contributed by atoms with E-state index in [-0.39, 0.29) is 0 Å². The number of nitrogens with one attached hydrogen (secondary N) is 1. The fourth-order valence-electron chi connectivity index (χ4n) is 2.08. The summed E-state index contributed by atoms with van der Waals surface area (Å²) in [6, 6.07) is 13.6. The van der Waals surface area contributed by atoms with Crippen LogP contribution in [-0.2, 0) is 13.1 Å². The smallest absolute Gasteiger partial charge is 0.117 e. The molecule has 3 N–H and O–H groups in total. The van der Waals surface area contributed by atoms with Crippen LogP contribution < -0.4 is 11.1 Å². The number of para-hydroxylation sites is 1. The molecule has 2 aromatic heterocycles. The number of nitrogen functional groups attached to an aromatic ring is 1. The van der Waals surface area contributed by atoms with Gasteiger partial charge in [-0.05, 0) is 24.3 Å². The number of rotatable bonds is 4. The molecule has 0 fully saturated rings. The van der Waals surface area contributed by atoms with Crippen molar-refractivity contribution in [1.29, 1.82) is 0 Å². The number of hydrogen-bond donors (Lipinski definition) is 2. The van der Waals surface area contributed by atoms with E-state index in [9.17, 15) is 0 Å². The number of nitrogens with two attached hydrogens (primary N) is 1. The van der Waals surface area contributed by atoms with E-state index >= 15 is 0 Å². The van der Waals surface area contributed by atoms with Crippen LogP contribution in [0.25, 0.3) is 10.9 Å². The Morgan fingerprint density at radius 2 is 2.00 bits per heavy atom. The number of fused-ring (bicyclic) bond motifs is 1. The Balaban J connectivity index is 1.74. The molecule has 0 radical (unpaired) electrons. The summed E-state index contributed by atoms with van der Waals surface area (Å²) in [7, 11) is 0. The summed E-state index contributed by atoms with van der Waals surface area (Å²) in [5.74, 6) is 0.911. The lowest BCUT2D eigenvalue weighted by Gasteiger charge is -2.07. The quantitative estimate of drug-likeness (QED) is 0.750. The first kappa shape index (κ1) is 11.7. The first-order valence-corrected chi connectivity index (χ1v) is 6.20. The standard InChI is InChI=1S/C15H15N3O/c16-14-8-11(9-17-10-12-4-3-7-19-12)18-15-6-2-1-5-13(14)15/h1-8,17H,9-10H2,(H2,16,18). The summed E-state index contributed by atoms with van der Waals surface area (Å²) >= 11 is 0. The van der Waals surface area contributed by atoms with Crippen molar-refractivity contribution in [3.8, 4) is 0 Å². The molecule has 96 valence electrons. The molecule has 1 aromatic carbocycles. The number of benzene rings is 1. The van der Waals surface area contributed by atoms with Gasteiger partial charge in [-0.15, -0.1) is 0 Å². The number of pyridine rings is 1. The molecule has 19 heavy (non-hydrogen) atoms. The zero-order valence-corrected chi connectivity index (χ0v) is 10.5. The molecule has 0 aliphatic heterocycles. The summed E-state index contributed by atoms with van der Waals surface area (Å²) in [6.45, 7) is 1.34. The minimum atomic E-state index is 0.662. The monoisotopic (exact) mass is 253 g/mol. The molecule has 0 amide bonds. The Bertz CT molecular complexity index is 677. The summed E-state index contributed by atoms with van der Waals surface area (Å²) in [5.41, 5.74) is 8.66. The highest BCUT2D eigenvalue weighted by molar-refractivity contribution is 5.90. The average Bonchev–Trinajstić information content (AvgIpc) is 2.92. The van der Waals surface area contributed by atoms with Crippen molar-refractivity contribution < 1.29 is 4.42 Å². The van der Waals surface area contributed by atoms with Crippen molar-refractivity contribution in [3.05, 3.63) is 60.2 Å². The number of nitrogens with zero attached hydrogens (tertiary/aromatic N) is 1. The van der Waals surface area contributed by atoms with Gasteiger partial charge in [-0.25, -0.2) is 0 Å². The molecule has 0 unspecified atom stereocenters. The topological polar surface area (TPSA) is 64.1 Å². The van der Waals surface area contributed by atoms with Gasteiger partial charge >= 0.3 is 0 Å². The van der Waals surface area contributed by atoms with Gasteiger partial charge < -0.3 is 15.5 Å². The summed E-state index contributed by atoms with van der Waals surface area (Å²) < 4.78 is 5.26. The van der Waals surface area contributed by atoms with Crippen molar-refractivity contribution >= 4 is 16.6 Å². The maximum atomic E-state index is 6.04. The van der Waals surface area contributed by atoms with Crippen LogP contribution >= 0.6 is 0 Å². The van der Waals surface area contributed by atoms with Gasteiger partial charge in [0.05, 0.1) is 24.0 Å².